The highest BCUT2D eigenvalue weighted by atomic mass is 16.6. The Morgan fingerprint density at radius 1 is 0.900 bits per heavy atom. The maximum Gasteiger partial charge on any atom is 0.282 e. The van der Waals surface area contributed by atoms with Gasteiger partial charge in [0, 0.05) is 23.5 Å². The minimum absolute atomic E-state index is 0.0206. The molecule has 0 fully saturated rings. The Hall–Kier alpha value is -4.13. The van der Waals surface area contributed by atoms with Crippen LogP contribution in [0, 0.1) is 24.0 Å². The molecule has 0 aliphatic rings. The average molecular weight is 398 g/mol. The van der Waals surface area contributed by atoms with Crippen molar-refractivity contribution >= 4 is 28.9 Å². The lowest BCUT2D eigenvalue weighted by atomic mass is 10.2. The van der Waals surface area contributed by atoms with Crippen LogP contribution >= 0.6 is 0 Å². The Morgan fingerprint density at radius 2 is 1.60 bits per heavy atom. The molecule has 4 rings (SSSR count). The normalized spacial score (nSPS) is 11.3. The zero-order chi connectivity index (χ0) is 21.3. The van der Waals surface area contributed by atoms with Crippen LogP contribution in [0.1, 0.15) is 22.6 Å². The molecule has 0 aliphatic carbocycles. The first-order valence-electron chi connectivity index (χ1n) is 9.32. The standard InChI is InChI=1S/C23H18N4O3/c1-15-3-9-18(10-4-15)26-21(14-8-17-6-11-19(12-7-17)27(29)30)25-23(28)20-13-5-16(2)24-22(20)26/h3-14H,1-2H3/b14-8+. The maximum absolute atomic E-state index is 12.6. The topological polar surface area (TPSA) is 90.9 Å². The van der Waals surface area contributed by atoms with E-state index in [-0.39, 0.29) is 11.2 Å². The van der Waals surface area contributed by atoms with Crippen LogP contribution in [-0.2, 0) is 0 Å². The van der Waals surface area contributed by atoms with Gasteiger partial charge < -0.3 is 0 Å². The zero-order valence-electron chi connectivity index (χ0n) is 16.4. The summed E-state index contributed by atoms with van der Waals surface area (Å²) in [4.78, 5) is 31.9. The second-order valence-electron chi connectivity index (χ2n) is 6.95. The number of hydrogen-bond donors (Lipinski definition) is 0. The van der Waals surface area contributed by atoms with Crippen molar-refractivity contribution < 1.29 is 4.92 Å². The largest absolute Gasteiger partial charge is 0.282 e. The molecule has 2 aromatic carbocycles. The van der Waals surface area contributed by atoms with E-state index < -0.39 is 4.92 Å². The van der Waals surface area contributed by atoms with E-state index in [2.05, 4.69) is 9.97 Å². The van der Waals surface area contributed by atoms with Gasteiger partial charge in [-0.15, -0.1) is 0 Å². The Bertz CT molecular complexity index is 1340. The molecule has 0 saturated carbocycles. The van der Waals surface area contributed by atoms with Gasteiger partial charge in [0.1, 0.15) is 5.82 Å². The quantitative estimate of drug-likeness (QED) is 0.373. The summed E-state index contributed by atoms with van der Waals surface area (Å²) in [6.07, 6.45) is 3.48. The molecular formula is C23H18N4O3. The summed E-state index contributed by atoms with van der Waals surface area (Å²) in [6.45, 7) is 3.87. The number of non-ortho nitro benzene ring substituents is 1. The molecule has 0 bridgehead atoms. The fraction of sp³-hybridized carbons (Fsp3) is 0.0870. The third-order valence-corrected chi connectivity index (χ3v) is 4.72. The lowest BCUT2D eigenvalue weighted by Crippen LogP contribution is -2.17. The van der Waals surface area contributed by atoms with Crippen LogP contribution in [0.2, 0.25) is 0 Å². The molecular weight excluding hydrogens is 380 g/mol. The molecule has 0 N–H and O–H groups in total. The highest BCUT2D eigenvalue weighted by Crippen LogP contribution is 2.20. The van der Waals surface area contributed by atoms with E-state index in [9.17, 15) is 14.9 Å². The van der Waals surface area contributed by atoms with E-state index >= 15 is 0 Å². The van der Waals surface area contributed by atoms with E-state index in [4.69, 9.17) is 0 Å². The summed E-state index contributed by atoms with van der Waals surface area (Å²) in [5, 5.41) is 11.3. The number of nitro benzene ring substituents is 1. The number of aromatic nitrogens is 3. The number of aryl methyl sites for hydroxylation is 2. The van der Waals surface area contributed by atoms with Crippen LogP contribution in [0.5, 0.6) is 0 Å². The van der Waals surface area contributed by atoms with Crippen molar-refractivity contribution in [2.45, 2.75) is 13.8 Å². The van der Waals surface area contributed by atoms with Gasteiger partial charge in [0.2, 0.25) is 0 Å². The summed E-state index contributed by atoms with van der Waals surface area (Å²) in [5.74, 6) is 0.424. The highest BCUT2D eigenvalue weighted by Gasteiger charge is 2.12. The molecule has 2 aromatic heterocycles. The summed E-state index contributed by atoms with van der Waals surface area (Å²) >= 11 is 0. The van der Waals surface area contributed by atoms with Crippen molar-refractivity contribution in [2.24, 2.45) is 0 Å². The predicted molar refractivity (Wildman–Crippen MR) is 117 cm³/mol. The van der Waals surface area contributed by atoms with Crippen LogP contribution in [0.25, 0.3) is 28.9 Å². The molecule has 2 heterocycles. The molecule has 4 aromatic rings. The molecule has 7 heteroatoms. The molecule has 7 nitrogen and oxygen atoms in total. The third kappa shape index (κ3) is 3.73. The second-order valence-corrected chi connectivity index (χ2v) is 6.95. The maximum atomic E-state index is 12.6. The van der Waals surface area contributed by atoms with Gasteiger partial charge in [-0.25, -0.2) is 4.98 Å². The minimum Gasteiger partial charge on any atom is -0.278 e. The third-order valence-electron chi connectivity index (χ3n) is 4.72. The van der Waals surface area contributed by atoms with Crippen molar-refractivity contribution in [2.75, 3.05) is 0 Å². The van der Waals surface area contributed by atoms with Crippen LogP contribution in [0.15, 0.2) is 65.5 Å². The second kappa shape index (κ2) is 7.71. The zero-order valence-corrected chi connectivity index (χ0v) is 16.4. The van der Waals surface area contributed by atoms with Gasteiger partial charge >= 0.3 is 0 Å². The van der Waals surface area contributed by atoms with Crippen molar-refractivity contribution in [3.8, 4) is 5.69 Å². The molecule has 0 spiro atoms. The SMILES string of the molecule is Cc1ccc(-n2c(/C=C/c3ccc([N+](=O)[O-])cc3)nc(=O)c3ccc(C)nc32)cc1. The Kier molecular flexibility index (Phi) is 4.93. The lowest BCUT2D eigenvalue weighted by molar-refractivity contribution is -0.384. The number of hydrogen-bond acceptors (Lipinski definition) is 5. The van der Waals surface area contributed by atoms with Gasteiger partial charge in [-0.1, -0.05) is 23.8 Å². The predicted octanol–water partition coefficient (Wildman–Crippen LogP) is 4.48. The lowest BCUT2D eigenvalue weighted by Gasteiger charge is -2.14. The Morgan fingerprint density at radius 3 is 2.27 bits per heavy atom. The molecule has 148 valence electrons. The summed E-state index contributed by atoms with van der Waals surface area (Å²) < 4.78 is 1.84. The molecule has 0 aliphatic heterocycles. The summed E-state index contributed by atoms with van der Waals surface area (Å²) in [6, 6.07) is 17.6. The van der Waals surface area contributed by atoms with Crippen molar-refractivity contribution in [3.63, 3.8) is 0 Å². The average Bonchev–Trinajstić information content (AvgIpc) is 2.73. The van der Waals surface area contributed by atoms with E-state index in [1.165, 1.54) is 12.1 Å². The van der Waals surface area contributed by atoms with Crippen LogP contribution in [-0.4, -0.2) is 19.5 Å². The smallest absolute Gasteiger partial charge is 0.278 e. The molecule has 0 radical (unpaired) electrons. The number of rotatable bonds is 4. The van der Waals surface area contributed by atoms with Gasteiger partial charge in [0.15, 0.2) is 5.65 Å². The first-order chi connectivity index (χ1) is 14.4. The van der Waals surface area contributed by atoms with Crippen LogP contribution < -0.4 is 5.56 Å². The Labute approximate surface area is 172 Å². The molecule has 0 atom stereocenters. The fourth-order valence-electron chi connectivity index (χ4n) is 3.14. The molecule has 0 saturated heterocycles. The molecule has 30 heavy (non-hydrogen) atoms. The number of nitrogens with zero attached hydrogens (tertiary/aromatic N) is 4. The number of benzene rings is 2. The summed E-state index contributed by atoms with van der Waals surface area (Å²) in [7, 11) is 0. The van der Waals surface area contributed by atoms with E-state index in [1.807, 2.05) is 42.7 Å². The van der Waals surface area contributed by atoms with Gasteiger partial charge in [-0.3, -0.25) is 19.5 Å². The summed E-state index contributed by atoms with van der Waals surface area (Å²) in [5.41, 5.74) is 3.68. The number of fused-ring (bicyclic) bond motifs is 1. The van der Waals surface area contributed by atoms with Gasteiger partial charge in [-0.2, -0.15) is 4.98 Å². The number of pyridine rings is 1. The minimum atomic E-state index is -0.443. The van der Waals surface area contributed by atoms with Crippen molar-refractivity contribution in [1.29, 1.82) is 0 Å². The van der Waals surface area contributed by atoms with E-state index in [0.717, 1.165) is 22.5 Å². The van der Waals surface area contributed by atoms with E-state index in [1.54, 1.807) is 36.4 Å². The Balaban J connectivity index is 1.90. The van der Waals surface area contributed by atoms with E-state index in [0.29, 0.717) is 16.9 Å². The first-order valence-corrected chi connectivity index (χ1v) is 9.32. The highest BCUT2D eigenvalue weighted by molar-refractivity contribution is 5.79. The first kappa shape index (κ1) is 19.2. The van der Waals surface area contributed by atoms with Gasteiger partial charge in [0.25, 0.3) is 11.2 Å². The van der Waals surface area contributed by atoms with Crippen molar-refractivity contribution in [3.05, 3.63) is 104 Å². The monoisotopic (exact) mass is 398 g/mol. The molecule has 0 unspecified atom stereocenters. The van der Waals surface area contributed by atoms with Gasteiger partial charge in [0.05, 0.1) is 10.3 Å². The van der Waals surface area contributed by atoms with Crippen molar-refractivity contribution in [1.82, 2.24) is 14.5 Å². The van der Waals surface area contributed by atoms with Gasteiger partial charge in [-0.05, 0) is 61.9 Å². The molecule has 0 amide bonds. The van der Waals surface area contributed by atoms with Crippen LogP contribution in [0.3, 0.4) is 0 Å². The number of nitro groups is 1. The van der Waals surface area contributed by atoms with Crippen LogP contribution in [0.4, 0.5) is 5.69 Å². The fourth-order valence-corrected chi connectivity index (χ4v) is 3.14.